The summed E-state index contributed by atoms with van der Waals surface area (Å²) in [5.74, 6) is 0. The van der Waals surface area contributed by atoms with Crippen molar-refractivity contribution in [3.63, 3.8) is 0 Å². The first-order chi connectivity index (χ1) is 9.15. The Balaban J connectivity index is 1.80. The Morgan fingerprint density at radius 2 is 2.00 bits per heavy atom. The molecule has 3 unspecified atom stereocenters. The molecule has 0 radical (unpaired) electrons. The Hall–Kier alpha value is -0.570. The minimum atomic E-state index is 0.371. The normalized spacial score (nSPS) is 23.0. The number of rotatable bonds is 5. The number of nitrogens with one attached hydrogen (secondary N) is 2. The van der Waals surface area contributed by atoms with Crippen LogP contribution in [0.4, 0.5) is 0 Å². The third-order valence-electron chi connectivity index (χ3n) is 3.95. The molecule has 1 heterocycles. The van der Waals surface area contributed by atoms with Crippen LogP contribution < -0.4 is 10.6 Å². The van der Waals surface area contributed by atoms with Crippen LogP contribution in [0.15, 0.2) is 24.3 Å². The van der Waals surface area contributed by atoms with Gasteiger partial charge in [-0.2, -0.15) is 0 Å². The fourth-order valence-corrected chi connectivity index (χ4v) is 3.02. The fraction of sp³-hybridized carbons (Fsp3) is 0.625. The number of hydrogen-bond acceptors (Lipinski definition) is 2. The maximum atomic E-state index is 5.92. The molecule has 1 saturated heterocycles. The van der Waals surface area contributed by atoms with Gasteiger partial charge in [-0.05, 0) is 57.4 Å². The molecule has 0 aromatic heterocycles. The molecule has 106 valence electrons. The molecule has 1 aliphatic rings. The maximum absolute atomic E-state index is 5.92. The predicted octanol–water partition coefficient (Wildman–Crippen LogP) is 3.91. The van der Waals surface area contributed by atoms with Gasteiger partial charge in [0.25, 0.3) is 0 Å². The third kappa shape index (κ3) is 4.79. The van der Waals surface area contributed by atoms with Gasteiger partial charge in [-0.25, -0.2) is 0 Å². The lowest BCUT2D eigenvalue weighted by Crippen LogP contribution is -2.40. The van der Waals surface area contributed by atoms with Crippen LogP contribution in [0.1, 0.15) is 51.1 Å². The van der Waals surface area contributed by atoms with Gasteiger partial charge in [-0.1, -0.05) is 30.2 Å². The molecule has 0 saturated carbocycles. The van der Waals surface area contributed by atoms with Gasteiger partial charge in [0.1, 0.15) is 0 Å². The van der Waals surface area contributed by atoms with Gasteiger partial charge in [-0.3, -0.25) is 0 Å². The largest absolute Gasteiger partial charge is 0.314 e. The second kappa shape index (κ2) is 7.28. The van der Waals surface area contributed by atoms with E-state index in [1.807, 2.05) is 12.1 Å². The zero-order chi connectivity index (χ0) is 13.7. The van der Waals surface area contributed by atoms with Crippen LogP contribution in [0.25, 0.3) is 0 Å². The summed E-state index contributed by atoms with van der Waals surface area (Å²) in [4.78, 5) is 0. The predicted molar refractivity (Wildman–Crippen MR) is 82.7 cm³/mol. The summed E-state index contributed by atoms with van der Waals surface area (Å²) in [5.41, 5.74) is 1.30. The molecule has 1 aromatic carbocycles. The Morgan fingerprint density at radius 3 is 2.63 bits per heavy atom. The topological polar surface area (TPSA) is 24.1 Å². The minimum Gasteiger partial charge on any atom is -0.314 e. The van der Waals surface area contributed by atoms with Crippen LogP contribution in [0.5, 0.6) is 0 Å². The van der Waals surface area contributed by atoms with E-state index in [9.17, 15) is 0 Å². The molecule has 0 aliphatic carbocycles. The molecule has 1 aromatic rings. The standard InChI is InChI=1S/C16H25ClN2/c1-12(11-16-5-3-4-10-18-16)19-13(2)14-6-8-15(17)9-7-14/h6-9,12-13,16,18-19H,3-5,10-11H2,1-2H3. The molecule has 0 bridgehead atoms. The lowest BCUT2D eigenvalue weighted by atomic mass is 9.98. The first-order valence-corrected chi connectivity index (χ1v) is 7.78. The van der Waals surface area contributed by atoms with Crippen molar-refractivity contribution in [2.24, 2.45) is 0 Å². The van der Waals surface area contributed by atoms with E-state index in [0.29, 0.717) is 18.1 Å². The average Bonchev–Trinajstić information content (AvgIpc) is 2.40. The Kier molecular flexibility index (Phi) is 5.68. The van der Waals surface area contributed by atoms with Crippen LogP contribution in [0.2, 0.25) is 5.02 Å². The molecule has 3 atom stereocenters. The Morgan fingerprint density at radius 1 is 1.26 bits per heavy atom. The van der Waals surface area contributed by atoms with Gasteiger partial charge in [0.15, 0.2) is 0 Å². The van der Waals surface area contributed by atoms with Crippen LogP contribution in [-0.4, -0.2) is 18.6 Å². The van der Waals surface area contributed by atoms with E-state index in [1.165, 1.54) is 37.8 Å². The molecular weight excluding hydrogens is 256 g/mol. The van der Waals surface area contributed by atoms with Gasteiger partial charge in [0, 0.05) is 23.1 Å². The van der Waals surface area contributed by atoms with Crippen molar-refractivity contribution >= 4 is 11.6 Å². The van der Waals surface area contributed by atoms with Gasteiger partial charge in [-0.15, -0.1) is 0 Å². The first kappa shape index (κ1) is 14.8. The van der Waals surface area contributed by atoms with Gasteiger partial charge in [0.05, 0.1) is 0 Å². The number of benzene rings is 1. The highest BCUT2D eigenvalue weighted by Crippen LogP contribution is 2.18. The summed E-state index contributed by atoms with van der Waals surface area (Å²) in [6.45, 7) is 5.68. The summed E-state index contributed by atoms with van der Waals surface area (Å²) in [5, 5.41) is 8.09. The third-order valence-corrected chi connectivity index (χ3v) is 4.21. The van der Waals surface area contributed by atoms with Crippen molar-refractivity contribution in [3.8, 4) is 0 Å². The van der Waals surface area contributed by atoms with Gasteiger partial charge >= 0.3 is 0 Å². The molecule has 0 spiro atoms. The molecule has 19 heavy (non-hydrogen) atoms. The number of hydrogen-bond donors (Lipinski definition) is 2. The quantitative estimate of drug-likeness (QED) is 0.854. The molecule has 3 heteroatoms. The van der Waals surface area contributed by atoms with E-state index in [2.05, 4.69) is 36.6 Å². The monoisotopic (exact) mass is 280 g/mol. The van der Waals surface area contributed by atoms with E-state index < -0.39 is 0 Å². The van der Waals surface area contributed by atoms with E-state index in [4.69, 9.17) is 11.6 Å². The number of piperidine rings is 1. The van der Waals surface area contributed by atoms with Crippen molar-refractivity contribution in [2.45, 2.75) is 57.7 Å². The molecular formula is C16H25ClN2. The molecule has 2 N–H and O–H groups in total. The SMILES string of the molecule is CC(CC1CCCCN1)NC(C)c1ccc(Cl)cc1. The van der Waals surface area contributed by atoms with E-state index in [1.54, 1.807) is 0 Å². The summed E-state index contributed by atoms with van der Waals surface area (Å²) in [6, 6.07) is 9.72. The van der Waals surface area contributed by atoms with Gasteiger partial charge < -0.3 is 10.6 Å². The van der Waals surface area contributed by atoms with Crippen LogP contribution in [0.3, 0.4) is 0 Å². The highest BCUT2D eigenvalue weighted by Gasteiger charge is 2.17. The lowest BCUT2D eigenvalue weighted by Gasteiger charge is -2.28. The van der Waals surface area contributed by atoms with E-state index >= 15 is 0 Å². The van der Waals surface area contributed by atoms with E-state index in [-0.39, 0.29) is 0 Å². The zero-order valence-electron chi connectivity index (χ0n) is 12.0. The molecule has 0 amide bonds. The van der Waals surface area contributed by atoms with Gasteiger partial charge in [0.2, 0.25) is 0 Å². The fourth-order valence-electron chi connectivity index (χ4n) is 2.89. The van der Waals surface area contributed by atoms with Crippen molar-refractivity contribution in [2.75, 3.05) is 6.54 Å². The summed E-state index contributed by atoms with van der Waals surface area (Å²) < 4.78 is 0. The van der Waals surface area contributed by atoms with E-state index in [0.717, 1.165) is 5.02 Å². The highest BCUT2D eigenvalue weighted by atomic mass is 35.5. The van der Waals surface area contributed by atoms with Crippen molar-refractivity contribution in [1.82, 2.24) is 10.6 Å². The summed E-state index contributed by atoms with van der Waals surface area (Å²) >= 11 is 5.92. The molecule has 1 aliphatic heterocycles. The Bertz CT molecular complexity index is 371. The summed E-state index contributed by atoms with van der Waals surface area (Å²) in [6.07, 6.45) is 5.23. The lowest BCUT2D eigenvalue weighted by molar-refractivity contribution is 0.334. The van der Waals surface area contributed by atoms with Crippen molar-refractivity contribution < 1.29 is 0 Å². The smallest absolute Gasteiger partial charge is 0.0406 e. The molecule has 2 nitrogen and oxygen atoms in total. The second-order valence-corrected chi connectivity index (χ2v) is 6.16. The Labute approximate surface area is 121 Å². The molecule has 2 rings (SSSR count). The van der Waals surface area contributed by atoms with Crippen LogP contribution in [-0.2, 0) is 0 Å². The van der Waals surface area contributed by atoms with Crippen molar-refractivity contribution in [3.05, 3.63) is 34.9 Å². The first-order valence-electron chi connectivity index (χ1n) is 7.40. The van der Waals surface area contributed by atoms with Crippen LogP contribution in [0, 0.1) is 0 Å². The van der Waals surface area contributed by atoms with Crippen molar-refractivity contribution in [1.29, 1.82) is 0 Å². The second-order valence-electron chi connectivity index (χ2n) is 5.72. The zero-order valence-corrected chi connectivity index (χ0v) is 12.7. The average molecular weight is 281 g/mol. The highest BCUT2D eigenvalue weighted by molar-refractivity contribution is 6.30. The maximum Gasteiger partial charge on any atom is 0.0406 e. The van der Waals surface area contributed by atoms with Crippen LogP contribution >= 0.6 is 11.6 Å². The summed E-state index contributed by atoms with van der Waals surface area (Å²) in [7, 11) is 0. The molecule has 1 fully saturated rings. The minimum absolute atomic E-state index is 0.371. The number of halogens is 1.